The second kappa shape index (κ2) is 7.23. The van der Waals surface area contributed by atoms with Crippen LogP contribution in [0.4, 0.5) is 0 Å². The molecule has 2 rings (SSSR count). The summed E-state index contributed by atoms with van der Waals surface area (Å²) in [6.07, 6.45) is 4.21. The summed E-state index contributed by atoms with van der Waals surface area (Å²) in [4.78, 5) is 0. The second-order valence-corrected chi connectivity index (χ2v) is 6.34. The summed E-state index contributed by atoms with van der Waals surface area (Å²) in [5, 5.41) is 15.0. The molecule has 21 heavy (non-hydrogen) atoms. The highest BCUT2D eigenvalue weighted by Crippen LogP contribution is 2.24. The number of hydrogen-bond donors (Lipinski definition) is 1. The molecule has 114 valence electrons. The number of halogens is 1. The van der Waals surface area contributed by atoms with Crippen molar-refractivity contribution < 1.29 is 5.11 Å². The Hall–Kier alpha value is -1.13. The third kappa shape index (κ3) is 3.95. The van der Waals surface area contributed by atoms with E-state index in [1.54, 1.807) is 0 Å². The van der Waals surface area contributed by atoms with Crippen LogP contribution in [-0.2, 0) is 6.42 Å². The average molecular weight is 351 g/mol. The molecule has 0 saturated carbocycles. The number of aryl methyl sites for hydroxylation is 1. The fourth-order valence-corrected chi connectivity index (χ4v) is 2.79. The Kier molecular flexibility index (Phi) is 5.59. The van der Waals surface area contributed by atoms with E-state index in [2.05, 4.69) is 34.9 Å². The zero-order valence-corrected chi connectivity index (χ0v) is 14.5. The molecule has 1 atom stereocenters. The Morgan fingerprint density at radius 2 is 1.95 bits per heavy atom. The highest BCUT2D eigenvalue weighted by Gasteiger charge is 2.13. The van der Waals surface area contributed by atoms with Gasteiger partial charge in [0.1, 0.15) is 0 Å². The van der Waals surface area contributed by atoms with Gasteiger partial charge in [-0.1, -0.05) is 41.9 Å². The van der Waals surface area contributed by atoms with Gasteiger partial charge in [-0.25, -0.2) is 0 Å². The summed E-state index contributed by atoms with van der Waals surface area (Å²) < 4.78 is 3.09. The molecular formula is C17H23BrN2O. The number of rotatable bonds is 6. The highest BCUT2D eigenvalue weighted by molar-refractivity contribution is 9.10. The lowest BCUT2D eigenvalue weighted by atomic mass is 10.0. The molecule has 1 N–H and O–H groups in total. The first-order chi connectivity index (χ1) is 10.0. The number of nitrogens with zero attached hydrogens (tertiary/aromatic N) is 2. The maximum absolute atomic E-state index is 10.4. The van der Waals surface area contributed by atoms with Crippen molar-refractivity contribution in [1.29, 1.82) is 0 Å². The van der Waals surface area contributed by atoms with Crippen LogP contribution >= 0.6 is 15.9 Å². The van der Waals surface area contributed by atoms with Gasteiger partial charge >= 0.3 is 0 Å². The Labute approximate surface area is 135 Å². The zero-order chi connectivity index (χ0) is 15.4. The zero-order valence-electron chi connectivity index (χ0n) is 12.9. The van der Waals surface area contributed by atoms with Gasteiger partial charge in [0.05, 0.1) is 17.8 Å². The molecule has 0 fully saturated rings. The van der Waals surface area contributed by atoms with E-state index in [4.69, 9.17) is 0 Å². The van der Waals surface area contributed by atoms with E-state index in [1.807, 2.05) is 42.1 Å². The van der Waals surface area contributed by atoms with E-state index in [1.165, 1.54) is 0 Å². The summed E-state index contributed by atoms with van der Waals surface area (Å²) in [6.45, 7) is 6.38. The van der Waals surface area contributed by atoms with Crippen LogP contribution in [-0.4, -0.2) is 14.9 Å². The van der Waals surface area contributed by atoms with E-state index < -0.39 is 6.10 Å². The number of benzene rings is 1. The molecule has 0 saturated heterocycles. The van der Waals surface area contributed by atoms with Gasteiger partial charge in [0, 0.05) is 17.1 Å². The maximum Gasteiger partial charge on any atom is 0.0846 e. The molecule has 1 unspecified atom stereocenters. The van der Waals surface area contributed by atoms with Crippen molar-refractivity contribution in [3.8, 4) is 0 Å². The van der Waals surface area contributed by atoms with Gasteiger partial charge in [0.2, 0.25) is 0 Å². The van der Waals surface area contributed by atoms with Crippen molar-refractivity contribution in [1.82, 2.24) is 9.78 Å². The van der Waals surface area contributed by atoms with Crippen molar-refractivity contribution in [2.75, 3.05) is 0 Å². The molecule has 4 heteroatoms. The largest absolute Gasteiger partial charge is 0.388 e. The quantitative estimate of drug-likeness (QED) is 0.827. The van der Waals surface area contributed by atoms with Crippen LogP contribution in [0, 0.1) is 6.92 Å². The van der Waals surface area contributed by atoms with E-state index in [9.17, 15) is 5.11 Å². The van der Waals surface area contributed by atoms with Crippen LogP contribution < -0.4 is 0 Å². The third-order valence-electron chi connectivity index (χ3n) is 3.95. The molecule has 2 aromatic rings. The molecule has 1 heterocycles. The Balaban J connectivity index is 2.08. The highest BCUT2D eigenvalue weighted by atomic mass is 79.9. The molecular weight excluding hydrogens is 328 g/mol. The Bertz CT molecular complexity index is 590. The lowest BCUT2D eigenvalue weighted by Crippen LogP contribution is -2.09. The number of aliphatic hydroxyl groups excluding tert-OH is 1. The van der Waals surface area contributed by atoms with Crippen molar-refractivity contribution in [2.45, 2.75) is 52.2 Å². The molecule has 3 nitrogen and oxygen atoms in total. The van der Waals surface area contributed by atoms with Crippen LogP contribution in [0.25, 0.3) is 0 Å². The van der Waals surface area contributed by atoms with Crippen LogP contribution in [0.1, 0.15) is 55.7 Å². The standard InChI is InChI=1S/C17H23BrN2O/c1-4-15(5-2)20-9-8-14(19-20)11-17(21)13-6-7-16(18)12(3)10-13/h6-10,15,17,21H,4-5,11H2,1-3H3. The van der Waals surface area contributed by atoms with E-state index in [-0.39, 0.29) is 0 Å². The molecule has 0 aliphatic heterocycles. The maximum atomic E-state index is 10.4. The summed E-state index contributed by atoms with van der Waals surface area (Å²) >= 11 is 3.48. The molecule has 0 radical (unpaired) electrons. The van der Waals surface area contributed by atoms with Crippen LogP contribution in [0.15, 0.2) is 34.9 Å². The molecule has 0 spiro atoms. The van der Waals surface area contributed by atoms with Gasteiger partial charge in [-0.15, -0.1) is 0 Å². The number of hydrogen-bond acceptors (Lipinski definition) is 2. The van der Waals surface area contributed by atoms with Crippen LogP contribution in [0.3, 0.4) is 0 Å². The molecule has 0 aliphatic carbocycles. The van der Waals surface area contributed by atoms with Crippen LogP contribution in [0.5, 0.6) is 0 Å². The normalized spacial score (nSPS) is 12.9. The average Bonchev–Trinajstić information content (AvgIpc) is 2.91. The Morgan fingerprint density at radius 3 is 2.57 bits per heavy atom. The predicted octanol–water partition coefficient (Wildman–Crippen LogP) is 4.59. The monoisotopic (exact) mass is 350 g/mol. The van der Waals surface area contributed by atoms with Crippen molar-refractivity contribution >= 4 is 15.9 Å². The smallest absolute Gasteiger partial charge is 0.0846 e. The fourth-order valence-electron chi connectivity index (χ4n) is 2.54. The fraction of sp³-hybridized carbons (Fsp3) is 0.471. The van der Waals surface area contributed by atoms with Gasteiger partial charge in [0.15, 0.2) is 0 Å². The first-order valence-corrected chi connectivity index (χ1v) is 8.32. The van der Waals surface area contributed by atoms with Crippen LogP contribution in [0.2, 0.25) is 0 Å². The van der Waals surface area contributed by atoms with Gasteiger partial charge in [-0.05, 0) is 43.0 Å². The molecule has 0 bridgehead atoms. The molecule has 0 aliphatic rings. The van der Waals surface area contributed by atoms with Gasteiger partial charge in [-0.2, -0.15) is 5.10 Å². The first-order valence-electron chi connectivity index (χ1n) is 7.53. The predicted molar refractivity (Wildman–Crippen MR) is 89.4 cm³/mol. The number of aliphatic hydroxyl groups is 1. The molecule has 1 aromatic heterocycles. The van der Waals surface area contributed by atoms with Crippen molar-refractivity contribution in [3.05, 3.63) is 51.8 Å². The number of aromatic nitrogens is 2. The SMILES string of the molecule is CCC(CC)n1ccc(CC(O)c2ccc(Br)c(C)c2)n1. The summed E-state index contributed by atoms with van der Waals surface area (Å²) in [6, 6.07) is 8.42. The lowest BCUT2D eigenvalue weighted by molar-refractivity contribution is 0.176. The van der Waals surface area contributed by atoms with Crippen molar-refractivity contribution in [2.24, 2.45) is 0 Å². The lowest BCUT2D eigenvalue weighted by Gasteiger charge is -2.13. The van der Waals surface area contributed by atoms with Gasteiger partial charge < -0.3 is 5.11 Å². The van der Waals surface area contributed by atoms with E-state index in [0.717, 1.165) is 34.1 Å². The van der Waals surface area contributed by atoms with Gasteiger partial charge in [-0.3, -0.25) is 4.68 Å². The Morgan fingerprint density at radius 1 is 1.24 bits per heavy atom. The minimum Gasteiger partial charge on any atom is -0.388 e. The summed E-state index contributed by atoms with van der Waals surface area (Å²) in [7, 11) is 0. The molecule has 0 amide bonds. The molecule has 1 aromatic carbocycles. The van der Waals surface area contributed by atoms with E-state index >= 15 is 0 Å². The summed E-state index contributed by atoms with van der Waals surface area (Å²) in [5.41, 5.74) is 3.01. The summed E-state index contributed by atoms with van der Waals surface area (Å²) in [5.74, 6) is 0. The van der Waals surface area contributed by atoms with E-state index in [0.29, 0.717) is 12.5 Å². The first kappa shape index (κ1) is 16.2. The van der Waals surface area contributed by atoms with Gasteiger partial charge in [0.25, 0.3) is 0 Å². The van der Waals surface area contributed by atoms with Crippen molar-refractivity contribution in [3.63, 3.8) is 0 Å². The third-order valence-corrected chi connectivity index (χ3v) is 4.84. The minimum absolute atomic E-state index is 0.450. The topological polar surface area (TPSA) is 38.0 Å². The second-order valence-electron chi connectivity index (χ2n) is 5.49. The minimum atomic E-state index is -0.512.